The van der Waals surface area contributed by atoms with Gasteiger partial charge in [0.25, 0.3) is 5.56 Å². The van der Waals surface area contributed by atoms with Crippen LogP contribution in [0.15, 0.2) is 78.5 Å². The van der Waals surface area contributed by atoms with Crippen LogP contribution < -0.4 is 15.6 Å². The molecule has 6 heteroatoms. The number of para-hydroxylation sites is 1. The minimum atomic E-state index is -0.314. The smallest absolute Gasteiger partial charge is 0.258 e. The molecule has 2 aromatic carbocycles. The zero-order valence-corrected chi connectivity index (χ0v) is 18.2. The molecule has 0 bridgehead atoms. The van der Waals surface area contributed by atoms with Crippen LogP contribution in [0.4, 0.5) is 5.69 Å². The van der Waals surface area contributed by atoms with Gasteiger partial charge in [0.15, 0.2) is 0 Å². The number of aryl methyl sites for hydroxylation is 3. The van der Waals surface area contributed by atoms with E-state index in [9.17, 15) is 9.59 Å². The lowest BCUT2D eigenvalue weighted by atomic mass is 10.00. The number of rotatable bonds is 5. The first-order valence-corrected chi connectivity index (χ1v) is 10.1. The van der Waals surface area contributed by atoms with Gasteiger partial charge in [0, 0.05) is 47.8 Å². The number of amides is 1. The van der Waals surface area contributed by atoms with Gasteiger partial charge in [-0.15, -0.1) is 0 Å². The molecule has 1 N–H and O–H groups in total. The Morgan fingerprint density at radius 2 is 1.84 bits per heavy atom. The molecule has 0 saturated carbocycles. The summed E-state index contributed by atoms with van der Waals surface area (Å²) in [4.78, 5) is 28.8. The molecule has 0 atom stereocenters. The van der Waals surface area contributed by atoms with E-state index in [2.05, 4.69) is 16.9 Å². The topological polar surface area (TPSA) is 73.2 Å². The number of fused-ring (bicyclic) bond motifs is 1. The number of aromatic nitrogens is 2. The van der Waals surface area contributed by atoms with Crippen molar-refractivity contribution in [1.82, 2.24) is 9.55 Å². The SMILES string of the molecule is C=CC(=O)Nc1ccc(Oc2c(C)cccc2C)c(-c2cn(C)c(=O)c3ccncc23)c1. The van der Waals surface area contributed by atoms with Crippen molar-refractivity contribution in [2.75, 3.05) is 5.32 Å². The molecule has 160 valence electrons. The van der Waals surface area contributed by atoms with Gasteiger partial charge in [0.2, 0.25) is 5.91 Å². The summed E-state index contributed by atoms with van der Waals surface area (Å²) < 4.78 is 7.93. The normalized spacial score (nSPS) is 10.7. The average molecular weight is 425 g/mol. The van der Waals surface area contributed by atoms with Crippen molar-refractivity contribution in [2.45, 2.75) is 13.8 Å². The summed E-state index contributed by atoms with van der Waals surface area (Å²) in [6, 6.07) is 13.1. The Morgan fingerprint density at radius 1 is 1.09 bits per heavy atom. The quantitative estimate of drug-likeness (QED) is 0.450. The second-order valence-electron chi connectivity index (χ2n) is 7.61. The standard InChI is InChI=1S/C26H23N3O3/c1-5-24(30)28-18-9-10-23(32-25-16(2)7-6-8-17(25)3)20(13-18)22-15-29(4)26(31)19-11-12-27-14-21(19)22/h5-15H,1H2,2-4H3,(H,28,30). The number of nitrogens with zero attached hydrogens (tertiary/aromatic N) is 2. The molecule has 2 heterocycles. The summed E-state index contributed by atoms with van der Waals surface area (Å²) >= 11 is 0. The predicted molar refractivity (Wildman–Crippen MR) is 127 cm³/mol. The molecule has 4 rings (SSSR count). The van der Waals surface area contributed by atoms with Gasteiger partial charge in [-0.25, -0.2) is 0 Å². The first-order valence-electron chi connectivity index (χ1n) is 10.1. The zero-order chi connectivity index (χ0) is 22.8. The van der Waals surface area contributed by atoms with E-state index in [4.69, 9.17) is 4.74 Å². The van der Waals surface area contributed by atoms with E-state index >= 15 is 0 Å². The van der Waals surface area contributed by atoms with E-state index in [-0.39, 0.29) is 11.5 Å². The lowest BCUT2D eigenvalue weighted by Crippen LogP contribution is -2.16. The van der Waals surface area contributed by atoms with E-state index < -0.39 is 0 Å². The Bertz CT molecular complexity index is 1400. The van der Waals surface area contributed by atoms with E-state index in [1.165, 1.54) is 10.6 Å². The summed E-state index contributed by atoms with van der Waals surface area (Å²) in [6.07, 6.45) is 6.25. The van der Waals surface area contributed by atoms with Crippen molar-refractivity contribution >= 4 is 22.4 Å². The van der Waals surface area contributed by atoms with Crippen LogP contribution in [-0.2, 0) is 11.8 Å². The first-order chi connectivity index (χ1) is 15.4. The molecule has 4 aromatic rings. The number of hydrogen-bond acceptors (Lipinski definition) is 4. The van der Waals surface area contributed by atoms with Crippen molar-refractivity contribution in [3.63, 3.8) is 0 Å². The number of hydrogen-bond donors (Lipinski definition) is 1. The van der Waals surface area contributed by atoms with Gasteiger partial charge in [-0.1, -0.05) is 24.8 Å². The molecular formula is C26H23N3O3. The number of pyridine rings is 2. The lowest BCUT2D eigenvalue weighted by Gasteiger charge is -2.18. The molecule has 0 spiro atoms. The highest BCUT2D eigenvalue weighted by Crippen LogP contribution is 2.39. The molecule has 32 heavy (non-hydrogen) atoms. The third-order valence-electron chi connectivity index (χ3n) is 5.33. The minimum Gasteiger partial charge on any atom is -0.456 e. The Kier molecular flexibility index (Phi) is 5.60. The van der Waals surface area contributed by atoms with Crippen LogP contribution in [0, 0.1) is 13.8 Å². The highest BCUT2D eigenvalue weighted by atomic mass is 16.5. The molecule has 0 aliphatic rings. The summed E-state index contributed by atoms with van der Waals surface area (Å²) in [6.45, 7) is 7.49. The molecule has 0 unspecified atom stereocenters. The Morgan fingerprint density at radius 3 is 2.56 bits per heavy atom. The molecule has 2 aromatic heterocycles. The highest BCUT2D eigenvalue weighted by Gasteiger charge is 2.16. The molecule has 0 radical (unpaired) electrons. The fourth-order valence-electron chi connectivity index (χ4n) is 3.69. The second-order valence-corrected chi connectivity index (χ2v) is 7.61. The van der Waals surface area contributed by atoms with Gasteiger partial charge in [-0.05, 0) is 55.3 Å². The maximum Gasteiger partial charge on any atom is 0.258 e. The fourth-order valence-corrected chi connectivity index (χ4v) is 3.69. The van der Waals surface area contributed by atoms with Crippen molar-refractivity contribution in [2.24, 2.45) is 7.05 Å². The van der Waals surface area contributed by atoms with Gasteiger partial charge in [-0.2, -0.15) is 0 Å². The number of nitrogens with one attached hydrogen (secondary N) is 1. The first kappa shape index (κ1) is 21.1. The predicted octanol–water partition coefficient (Wildman–Crippen LogP) is 5.13. The average Bonchev–Trinajstić information content (AvgIpc) is 2.79. The van der Waals surface area contributed by atoms with Crippen molar-refractivity contribution in [3.8, 4) is 22.6 Å². The van der Waals surface area contributed by atoms with E-state index in [0.717, 1.165) is 28.0 Å². The van der Waals surface area contributed by atoms with Crippen LogP contribution in [-0.4, -0.2) is 15.5 Å². The maximum atomic E-state index is 12.7. The number of anilines is 1. The second kappa shape index (κ2) is 8.51. The van der Waals surface area contributed by atoms with Crippen molar-refractivity contribution in [3.05, 3.63) is 95.2 Å². The molecule has 0 saturated heterocycles. The fraction of sp³-hybridized carbons (Fsp3) is 0.115. The van der Waals surface area contributed by atoms with Crippen LogP contribution in [0.2, 0.25) is 0 Å². The molecule has 0 aliphatic carbocycles. The Labute approximate surface area is 185 Å². The number of benzene rings is 2. The minimum absolute atomic E-state index is 0.112. The monoisotopic (exact) mass is 425 g/mol. The number of carbonyl (C=O) groups is 1. The molecule has 0 fully saturated rings. The lowest BCUT2D eigenvalue weighted by molar-refractivity contribution is -0.111. The van der Waals surface area contributed by atoms with Gasteiger partial charge in [0.1, 0.15) is 11.5 Å². The maximum absolute atomic E-state index is 12.7. The van der Waals surface area contributed by atoms with Crippen molar-refractivity contribution in [1.29, 1.82) is 0 Å². The number of carbonyl (C=O) groups excluding carboxylic acids is 1. The Balaban J connectivity index is 1.97. The van der Waals surface area contributed by atoms with Gasteiger partial charge >= 0.3 is 0 Å². The van der Waals surface area contributed by atoms with Crippen LogP contribution in [0.5, 0.6) is 11.5 Å². The zero-order valence-electron chi connectivity index (χ0n) is 18.2. The van der Waals surface area contributed by atoms with Crippen LogP contribution in [0.1, 0.15) is 11.1 Å². The van der Waals surface area contributed by atoms with Crippen LogP contribution >= 0.6 is 0 Å². The van der Waals surface area contributed by atoms with Gasteiger partial charge in [-0.3, -0.25) is 14.6 Å². The molecule has 6 nitrogen and oxygen atoms in total. The third kappa shape index (κ3) is 3.90. The van der Waals surface area contributed by atoms with E-state index in [0.29, 0.717) is 22.2 Å². The highest BCUT2D eigenvalue weighted by molar-refractivity contribution is 6.01. The number of ether oxygens (including phenoxy) is 1. The summed E-state index contributed by atoms with van der Waals surface area (Å²) in [7, 11) is 1.71. The van der Waals surface area contributed by atoms with Crippen molar-refractivity contribution < 1.29 is 9.53 Å². The van der Waals surface area contributed by atoms with Crippen LogP contribution in [0.3, 0.4) is 0 Å². The van der Waals surface area contributed by atoms with Gasteiger partial charge in [0.05, 0.1) is 5.39 Å². The Hall–Kier alpha value is -4.19. The summed E-state index contributed by atoms with van der Waals surface area (Å²) in [5, 5.41) is 4.05. The third-order valence-corrected chi connectivity index (χ3v) is 5.33. The van der Waals surface area contributed by atoms with E-state index in [1.807, 2.05) is 44.2 Å². The molecular weight excluding hydrogens is 402 g/mol. The molecule has 0 aliphatic heterocycles. The largest absolute Gasteiger partial charge is 0.456 e. The van der Waals surface area contributed by atoms with Gasteiger partial charge < -0.3 is 14.6 Å². The molecule has 1 amide bonds. The summed E-state index contributed by atoms with van der Waals surface area (Å²) in [5.41, 5.74) is 3.98. The van der Waals surface area contributed by atoms with E-state index in [1.54, 1.807) is 37.8 Å². The summed E-state index contributed by atoms with van der Waals surface area (Å²) in [5.74, 6) is 1.05. The van der Waals surface area contributed by atoms with Crippen LogP contribution in [0.25, 0.3) is 21.9 Å².